The molecular weight excluding hydrogens is 474 g/mol. The first kappa shape index (κ1) is 29.0. The fraction of sp³-hybridized carbons (Fsp3) is 0.394. The van der Waals surface area contributed by atoms with E-state index in [-0.39, 0.29) is 30.4 Å². The molecule has 0 fully saturated rings. The van der Waals surface area contributed by atoms with Crippen molar-refractivity contribution in [2.24, 2.45) is 0 Å². The standard InChI is InChI=1S/C33H41NO4/c1-5-6-7-8-9-30(26-10-12-27(13-11-26)32(37)34-23-22-31(35)36)38-29-20-16-25(17-21-29)24-14-18-28(19-15-24)33(2,3)4/h10-21,30H,5-9,22-23H2,1-4H3,(H,34,37)(H,35,36). The number of aliphatic carboxylic acids is 1. The predicted octanol–water partition coefficient (Wildman–Crippen LogP) is 7.95. The molecule has 0 saturated carbocycles. The van der Waals surface area contributed by atoms with Gasteiger partial charge in [-0.25, -0.2) is 0 Å². The van der Waals surface area contributed by atoms with E-state index < -0.39 is 5.97 Å². The lowest BCUT2D eigenvalue weighted by Crippen LogP contribution is -2.26. The number of carboxylic acid groups (broad SMARTS) is 1. The summed E-state index contributed by atoms with van der Waals surface area (Å²) in [7, 11) is 0. The quantitative estimate of drug-likeness (QED) is 0.227. The van der Waals surface area contributed by atoms with Crippen LogP contribution in [0.4, 0.5) is 0 Å². The molecule has 0 bridgehead atoms. The molecule has 1 amide bonds. The van der Waals surface area contributed by atoms with Gasteiger partial charge < -0.3 is 15.2 Å². The molecular formula is C33H41NO4. The Hall–Kier alpha value is -3.60. The maximum absolute atomic E-state index is 12.3. The molecule has 5 nitrogen and oxygen atoms in total. The fourth-order valence-electron chi connectivity index (χ4n) is 4.34. The number of amides is 1. The highest BCUT2D eigenvalue weighted by molar-refractivity contribution is 5.94. The topological polar surface area (TPSA) is 75.6 Å². The molecule has 0 aliphatic heterocycles. The lowest BCUT2D eigenvalue weighted by molar-refractivity contribution is -0.136. The second-order valence-electron chi connectivity index (χ2n) is 10.8. The average Bonchev–Trinajstić information content (AvgIpc) is 2.90. The largest absolute Gasteiger partial charge is 0.486 e. The minimum absolute atomic E-state index is 0.0987. The summed E-state index contributed by atoms with van der Waals surface area (Å²) in [6.45, 7) is 8.97. The van der Waals surface area contributed by atoms with Crippen molar-refractivity contribution in [1.82, 2.24) is 5.32 Å². The van der Waals surface area contributed by atoms with E-state index in [0.717, 1.165) is 36.1 Å². The van der Waals surface area contributed by atoms with Gasteiger partial charge in [0.1, 0.15) is 11.9 Å². The van der Waals surface area contributed by atoms with Gasteiger partial charge in [0.05, 0.1) is 6.42 Å². The number of carboxylic acids is 1. The van der Waals surface area contributed by atoms with E-state index in [4.69, 9.17) is 9.84 Å². The first-order valence-electron chi connectivity index (χ1n) is 13.6. The Morgan fingerprint density at radius 1 is 0.842 bits per heavy atom. The Morgan fingerprint density at radius 3 is 2.00 bits per heavy atom. The van der Waals surface area contributed by atoms with E-state index >= 15 is 0 Å². The molecule has 3 aromatic rings. The summed E-state index contributed by atoms with van der Waals surface area (Å²) < 4.78 is 6.46. The third-order valence-electron chi connectivity index (χ3n) is 6.71. The third kappa shape index (κ3) is 8.76. The molecule has 0 heterocycles. The lowest BCUT2D eigenvalue weighted by atomic mass is 9.86. The Bertz CT molecular complexity index is 1160. The van der Waals surface area contributed by atoms with Crippen LogP contribution in [0.2, 0.25) is 0 Å². The van der Waals surface area contributed by atoms with Crippen molar-refractivity contribution in [3.8, 4) is 16.9 Å². The highest BCUT2D eigenvalue weighted by Gasteiger charge is 2.16. The highest BCUT2D eigenvalue weighted by atomic mass is 16.5. The molecule has 202 valence electrons. The molecule has 0 spiro atoms. The minimum Gasteiger partial charge on any atom is -0.486 e. The molecule has 5 heteroatoms. The van der Waals surface area contributed by atoms with Gasteiger partial charge in [-0.3, -0.25) is 9.59 Å². The van der Waals surface area contributed by atoms with Crippen LogP contribution in [-0.2, 0) is 10.2 Å². The Balaban J connectivity index is 1.70. The van der Waals surface area contributed by atoms with Crippen LogP contribution >= 0.6 is 0 Å². The van der Waals surface area contributed by atoms with Crippen LogP contribution in [0.3, 0.4) is 0 Å². The molecule has 0 saturated heterocycles. The van der Waals surface area contributed by atoms with Gasteiger partial charge in [-0.2, -0.15) is 0 Å². The van der Waals surface area contributed by atoms with Gasteiger partial charge in [-0.1, -0.05) is 95.5 Å². The van der Waals surface area contributed by atoms with Crippen LogP contribution in [0, 0.1) is 0 Å². The van der Waals surface area contributed by atoms with Crippen molar-refractivity contribution in [3.63, 3.8) is 0 Å². The third-order valence-corrected chi connectivity index (χ3v) is 6.71. The number of rotatable bonds is 13. The zero-order valence-electron chi connectivity index (χ0n) is 23.1. The summed E-state index contributed by atoms with van der Waals surface area (Å²) in [5.74, 6) is -0.393. The van der Waals surface area contributed by atoms with Crippen molar-refractivity contribution in [1.29, 1.82) is 0 Å². The predicted molar refractivity (Wildman–Crippen MR) is 154 cm³/mol. The second kappa shape index (κ2) is 13.8. The van der Waals surface area contributed by atoms with E-state index in [2.05, 4.69) is 69.4 Å². The summed E-state index contributed by atoms with van der Waals surface area (Å²) >= 11 is 0. The van der Waals surface area contributed by atoms with Crippen molar-refractivity contribution in [3.05, 3.63) is 89.5 Å². The van der Waals surface area contributed by atoms with Crippen molar-refractivity contribution in [2.75, 3.05) is 6.54 Å². The van der Waals surface area contributed by atoms with Crippen LogP contribution in [0.25, 0.3) is 11.1 Å². The fourth-order valence-corrected chi connectivity index (χ4v) is 4.34. The number of ether oxygens (including phenoxy) is 1. The molecule has 0 aliphatic carbocycles. The van der Waals surface area contributed by atoms with Crippen LogP contribution in [0.15, 0.2) is 72.8 Å². The molecule has 3 aromatic carbocycles. The van der Waals surface area contributed by atoms with Gasteiger partial charge in [0, 0.05) is 12.1 Å². The van der Waals surface area contributed by atoms with Gasteiger partial charge in [0.25, 0.3) is 5.91 Å². The van der Waals surface area contributed by atoms with Gasteiger partial charge in [-0.15, -0.1) is 0 Å². The van der Waals surface area contributed by atoms with Crippen LogP contribution in [-0.4, -0.2) is 23.5 Å². The number of hydrogen-bond donors (Lipinski definition) is 2. The zero-order chi connectivity index (χ0) is 27.5. The first-order valence-corrected chi connectivity index (χ1v) is 13.6. The van der Waals surface area contributed by atoms with E-state index in [1.807, 2.05) is 24.3 Å². The second-order valence-corrected chi connectivity index (χ2v) is 10.8. The summed E-state index contributed by atoms with van der Waals surface area (Å²) in [6.07, 6.45) is 5.27. The van der Waals surface area contributed by atoms with Crippen LogP contribution in [0.1, 0.15) is 93.8 Å². The van der Waals surface area contributed by atoms with E-state index in [0.29, 0.717) is 5.56 Å². The molecule has 0 radical (unpaired) electrons. The van der Waals surface area contributed by atoms with Crippen molar-refractivity contribution in [2.45, 2.75) is 77.7 Å². The Kier molecular flexibility index (Phi) is 10.5. The summed E-state index contributed by atoms with van der Waals surface area (Å²) in [4.78, 5) is 23.0. The molecule has 3 rings (SSSR count). The summed E-state index contributed by atoms with van der Waals surface area (Å²) in [6, 6.07) is 24.4. The molecule has 1 unspecified atom stereocenters. The molecule has 2 N–H and O–H groups in total. The monoisotopic (exact) mass is 515 g/mol. The lowest BCUT2D eigenvalue weighted by Gasteiger charge is -2.21. The van der Waals surface area contributed by atoms with E-state index in [1.165, 1.54) is 24.0 Å². The van der Waals surface area contributed by atoms with Gasteiger partial charge in [0.2, 0.25) is 0 Å². The highest BCUT2D eigenvalue weighted by Crippen LogP contribution is 2.30. The van der Waals surface area contributed by atoms with Crippen molar-refractivity contribution >= 4 is 11.9 Å². The summed E-state index contributed by atoms with van der Waals surface area (Å²) in [5.41, 5.74) is 5.30. The van der Waals surface area contributed by atoms with E-state index in [1.54, 1.807) is 12.1 Å². The van der Waals surface area contributed by atoms with Gasteiger partial charge >= 0.3 is 5.97 Å². The maximum atomic E-state index is 12.3. The smallest absolute Gasteiger partial charge is 0.305 e. The molecule has 1 atom stereocenters. The zero-order valence-corrected chi connectivity index (χ0v) is 23.1. The average molecular weight is 516 g/mol. The normalized spacial score (nSPS) is 12.1. The van der Waals surface area contributed by atoms with Crippen LogP contribution < -0.4 is 10.1 Å². The number of benzene rings is 3. The molecule has 0 aliphatic rings. The first-order chi connectivity index (χ1) is 18.2. The van der Waals surface area contributed by atoms with Gasteiger partial charge in [-0.05, 0) is 64.8 Å². The number of nitrogens with one attached hydrogen (secondary N) is 1. The minimum atomic E-state index is -0.935. The SMILES string of the molecule is CCCCCCC(Oc1ccc(-c2ccc(C(C)(C)C)cc2)cc1)c1ccc(C(=O)NCCC(=O)O)cc1. The number of hydrogen-bond acceptors (Lipinski definition) is 3. The van der Waals surface area contributed by atoms with E-state index in [9.17, 15) is 9.59 Å². The molecule has 0 aromatic heterocycles. The maximum Gasteiger partial charge on any atom is 0.305 e. The number of carbonyl (C=O) groups is 2. The number of unbranched alkanes of at least 4 members (excludes halogenated alkanes) is 3. The van der Waals surface area contributed by atoms with Crippen molar-refractivity contribution < 1.29 is 19.4 Å². The molecule has 38 heavy (non-hydrogen) atoms. The summed E-state index contributed by atoms with van der Waals surface area (Å²) in [5, 5.41) is 11.4. The van der Waals surface area contributed by atoms with Crippen LogP contribution in [0.5, 0.6) is 5.75 Å². The van der Waals surface area contributed by atoms with Gasteiger partial charge in [0.15, 0.2) is 0 Å². The Morgan fingerprint density at radius 2 is 1.45 bits per heavy atom. The Labute approximate surface area is 227 Å². The number of carbonyl (C=O) groups excluding carboxylic acids is 1.